The molecule has 22 heavy (non-hydrogen) atoms. The number of hydrazine groups is 1. The Morgan fingerprint density at radius 2 is 2.18 bits per heavy atom. The lowest BCUT2D eigenvalue weighted by Gasteiger charge is -2.30. The third-order valence-electron chi connectivity index (χ3n) is 4.08. The Hall–Kier alpha value is -0.935. The molecule has 1 heterocycles. The minimum Gasteiger partial charge on any atom is -0.423 e. The van der Waals surface area contributed by atoms with Gasteiger partial charge in [0.1, 0.15) is 0 Å². The van der Waals surface area contributed by atoms with Crippen molar-refractivity contribution in [1.29, 1.82) is 0 Å². The number of hydrogen-bond acceptors (Lipinski definition) is 4. The van der Waals surface area contributed by atoms with E-state index in [0.717, 1.165) is 12.0 Å². The van der Waals surface area contributed by atoms with Crippen molar-refractivity contribution in [2.24, 2.45) is 5.41 Å². The number of benzene rings is 1. The smallest absolute Gasteiger partial charge is 0.423 e. The lowest BCUT2D eigenvalue weighted by atomic mass is 9.78. The third kappa shape index (κ3) is 3.52. The zero-order chi connectivity index (χ0) is 16.5. The minimum absolute atomic E-state index is 0.0494. The van der Waals surface area contributed by atoms with E-state index >= 15 is 0 Å². The molecule has 2 unspecified atom stereocenters. The SMILES string of the molecule is CCC(NNC(=O)c1ccc2c(c1P)B(O)OC2)C(C)(C)C. The van der Waals surface area contributed by atoms with Crippen LogP contribution in [0.2, 0.25) is 0 Å². The highest BCUT2D eigenvalue weighted by molar-refractivity contribution is 7.29. The lowest BCUT2D eigenvalue weighted by molar-refractivity contribution is 0.0907. The van der Waals surface area contributed by atoms with Crippen LogP contribution in [0.3, 0.4) is 0 Å². The van der Waals surface area contributed by atoms with Crippen LogP contribution in [-0.4, -0.2) is 24.1 Å². The van der Waals surface area contributed by atoms with Gasteiger partial charge >= 0.3 is 7.12 Å². The second kappa shape index (κ2) is 6.67. The van der Waals surface area contributed by atoms with Crippen LogP contribution in [0.15, 0.2) is 12.1 Å². The third-order valence-corrected chi connectivity index (χ3v) is 4.70. The predicted molar refractivity (Wildman–Crippen MR) is 92.3 cm³/mol. The van der Waals surface area contributed by atoms with E-state index in [0.29, 0.717) is 22.9 Å². The predicted octanol–water partition coefficient (Wildman–Crippen LogP) is 0.464. The van der Waals surface area contributed by atoms with Gasteiger partial charge < -0.3 is 9.68 Å². The summed E-state index contributed by atoms with van der Waals surface area (Å²) in [5.74, 6) is -0.213. The molecule has 0 aliphatic carbocycles. The van der Waals surface area contributed by atoms with Crippen LogP contribution in [0, 0.1) is 5.41 Å². The van der Waals surface area contributed by atoms with Gasteiger partial charge in [0.2, 0.25) is 0 Å². The van der Waals surface area contributed by atoms with Crippen LogP contribution in [0.4, 0.5) is 0 Å². The van der Waals surface area contributed by atoms with Gasteiger partial charge in [-0.05, 0) is 34.2 Å². The van der Waals surface area contributed by atoms with Gasteiger partial charge in [0, 0.05) is 11.6 Å². The van der Waals surface area contributed by atoms with Gasteiger partial charge in [-0.1, -0.05) is 33.8 Å². The number of carbonyl (C=O) groups is 1. The van der Waals surface area contributed by atoms with Gasteiger partial charge in [0.05, 0.1) is 6.61 Å². The van der Waals surface area contributed by atoms with E-state index in [1.807, 2.05) is 6.07 Å². The number of rotatable bonds is 4. The van der Waals surface area contributed by atoms with E-state index in [4.69, 9.17) is 4.65 Å². The van der Waals surface area contributed by atoms with Crippen LogP contribution in [-0.2, 0) is 11.3 Å². The Morgan fingerprint density at radius 1 is 1.50 bits per heavy atom. The second-order valence-corrected chi connectivity index (χ2v) is 7.27. The Morgan fingerprint density at radius 3 is 2.77 bits per heavy atom. The molecule has 0 fully saturated rings. The molecule has 1 aliphatic rings. The monoisotopic (exact) mass is 322 g/mol. The van der Waals surface area contributed by atoms with E-state index < -0.39 is 7.12 Å². The maximum Gasteiger partial charge on any atom is 0.492 e. The lowest BCUT2D eigenvalue weighted by Crippen LogP contribution is -2.51. The van der Waals surface area contributed by atoms with Crippen molar-refractivity contribution in [1.82, 2.24) is 10.9 Å². The zero-order valence-electron chi connectivity index (χ0n) is 13.6. The largest absolute Gasteiger partial charge is 0.492 e. The molecule has 0 saturated heterocycles. The van der Waals surface area contributed by atoms with Crippen LogP contribution in [0.5, 0.6) is 0 Å². The fourth-order valence-corrected chi connectivity index (χ4v) is 3.26. The Labute approximate surface area is 134 Å². The molecule has 5 nitrogen and oxygen atoms in total. The summed E-state index contributed by atoms with van der Waals surface area (Å²) in [7, 11) is 1.58. The average molecular weight is 322 g/mol. The fourth-order valence-electron chi connectivity index (χ4n) is 2.70. The van der Waals surface area contributed by atoms with Crippen LogP contribution in [0.25, 0.3) is 0 Å². The summed E-state index contributed by atoms with van der Waals surface area (Å²) in [6, 6.07) is 3.76. The molecular weight excluding hydrogens is 298 g/mol. The highest BCUT2D eigenvalue weighted by Crippen LogP contribution is 2.21. The van der Waals surface area contributed by atoms with Crippen LogP contribution < -0.4 is 21.6 Å². The first-order chi connectivity index (χ1) is 10.3. The number of fused-ring (bicyclic) bond motifs is 1. The first kappa shape index (κ1) is 17.4. The fraction of sp³-hybridized carbons (Fsp3) is 0.533. The quantitative estimate of drug-likeness (QED) is 0.428. The normalized spacial score (nSPS) is 15.6. The van der Waals surface area contributed by atoms with Gasteiger partial charge in [-0.2, -0.15) is 0 Å². The summed E-state index contributed by atoms with van der Waals surface area (Å²) in [6.45, 7) is 8.85. The van der Waals surface area contributed by atoms with Gasteiger partial charge in [0.25, 0.3) is 5.91 Å². The molecule has 1 aliphatic heterocycles. The summed E-state index contributed by atoms with van der Waals surface area (Å²) >= 11 is 0. The molecule has 7 heteroatoms. The molecule has 0 spiro atoms. The maximum absolute atomic E-state index is 12.4. The average Bonchev–Trinajstić information content (AvgIpc) is 2.80. The molecule has 0 radical (unpaired) electrons. The van der Waals surface area contributed by atoms with Crippen molar-refractivity contribution in [3.05, 3.63) is 23.3 Å². The van der Waals surface area contributed by atoms with Crippen molar-refractivity contribution in [2.45, 2.75) is 46.8 Å². The molecule has 2 atom stereocenters. The molecule has 0 saturated carbocycles. The summed E-state index contributed by atoms with van der Waals surface area (Å²) < 4.78 is 5.19. The Kier molecular flexibility index (Phi) is 5.28. The van der Waals surface area contributed by atoms with E-state index in [-0.39, 0.29) is 17.4 Å². The Balaban J connectivity index is 2.13. The molecule has 0 bridgehead atoms. The van der Waals surface area contributed by atoms with Crippen molar-refractivity contribution in [3.63, 3.8) is 0 Å². The van der Waals surface area contributed by atoms with Crippen molar-refractivity contribution in [3.8, 4) is 0 Å². The van der Waals surface area contributed by atoms with E-state index in [1.165, 1.54) is 0 Å². The topological polar surface area (TPSA) is 70.6 Å². The number of carbonyl (C=O) groups excluding carboxylic acids is 1. The molecule has 2 rings (SSSR count). The zero-order valence-corrected chi connectivity index (χ0v) is 14.7. The molecule has 0 aromatic heterocycles. The van der Waals surface area contributed by atoms with E-state index in [1.54, 1.807) is 6.07 Å². The standard InChI is InChI=1S/C15H24BN2O3P/c1-5-11(15(2,3)4)17-18-14(19)10-7-6-9-8-21-16(20)12(9)13(10)22/h6-7,11,17,20H,5,8,22H2,1-4H3,(H,18,19). The van der Waals surface area contributed by atoms with Crippen molar-refractivity contribution >= 4 is 33.0 Å². The summed E-state index contributed by atoms with van der Waals surface area (Å²) in [5, 5.41) is 10.5. The minimum atomic E-state index is -0.957. The van der Waals surface area contributed by atoms with Gasteiger partial charge in [-0.15, -0.1) is 9.24 Å². The number of nitrogens with one attached hydrogen (secondary N) is 2. The summed E-state index contributed by atoms with van der Waals surface area (Å²) in [5.41, 5.74) is 8.06. The molecule has 120 valence electrons. The summed E-state index contributed by atoms with van der Waals surface area (Å²) in [4.78, 5) is 12.4. The number of amides is 1. The summed E-state index contributed by atoms with van der Waals surface area (Å²) in [6.07, 6.45) is 0.911. The maximum atomic E-state index is 12.4. The van der Waals surface area contributed by atoms with Crippen LogP contribution >= 0.6 is 9.24 Å². The van der Waals surface area contributed by atoms with Crippen LogP contribution in [0.1, 0.15) is 50.0 Å². The Bertz CT molecular complexity index is 575. The highest BCUT2D eigenvalue weighted by atomic mass is 31.0. The van der Waals surface area contributed by atoms with E-state index in [9.17, 15) is 9.82 Å². The highest BCUT2D eigenvalue weighted by Gasteiger charge is 2.31. The van der Waals surface area contributed by atoms with Crippen molar-refractivity contribution < 1.29 is 14.5 Å². The molecule has 1 aromatic rings. The van der Waals surface area contributed by atoms with Gasteiger partial charge in [0.15, 0.2) is 0 Å². The molecule has 1 aromatic carbocycles. The van der Waals surface area contributed by atoms with Gasteiger partial charge in [-0.3, -0.25) is 10.2 Å². The number of hydrogen-bond donors (Lipinski definition) is 3. The molecule has 3 N–H and O–H groups in total. The second-order valence-electron chi connectivity index (χ2n) is 6.69. The first-order valence-corrected chi connectivity index (χ1v) is 8.10. The molecule has 1 amide bonds. The van der Waals surface area contributed by atoms with E-state index in [2.05, 4.69) is 47.8 Å². The van der Waals surface area contributed by atoms with Crippen molar-refractivity contribution in [2.75, 3.05) is 0 Å². The molecular formula is C15H24BN2O3P. The van der Waals surface area contributed by atoms with Gasteiger partial charge in [-0.25, -0.2) is 5.43 Å². The first-order valence-electron chi connectivity index (χ1n) is 7.52.